The van der Waals surface area contributed by atoms with Crippen LogP contribution < -0.4 is 15.4 Å². The van der Waals surface area contributed by atoms with Gasteiger partial charge in [0.15, 0.2) is 6.61 Å². The number of aliphatic carboxylic acids is 1. The number of hydrogen-bond acceptors (Lipinski definition) is 9. The number of piperazine rings is 2. The van der Waals surface area contributed by atoms with Gasteiger partial charge in [0.1, 0.15) is 17.5 Å². The van der Waals surface area contributed by atoms with Gasteiger partial charge in [0, 0.05) is 69.2 Å². The summed E-state index contributed by atoms with van der Waals surface area (Å²) in [6, 6.07) is 7.81. The minimum Gasteiger partial charge on any atom is -0.483 e. The van der Waals surface area contributed by atoms with Crippen molar-refractivity contribution >= 4 is 40.7 Å². The Morgan fingerprint density at radius 3 is 2.53 bits per heavy atom. The number of aromatic nitrogens is 1. The minimum absolute atomic E-state index is 0.0363. The number of amides is 4. The third-order valence-electron chi connectivity index (χ3n) is 8.01. The number of carboxylic acid groups (broad SMARTS) is 1. The van der Waals surface area contributed by atoms with Crippen LogP contribution in [0.4, 0.5) is 4.79 Å². The monoisotopic (exact) mass is 596 g/mol. The van der Waals surface area contributed by atoms with Crippen molar-refractivity contribution in [3.63, 3.8) is 0 Å². The largest absolute Gasteiger partial charge is 0.483 e. The van der Waals surface area contributed by atoms with Crippen molar-refractivity contribution < 1.29 is 38.6 Å². The molecular formula is C29H36N6O8. The van der Waals surface area contributed by atoms with Gasteiger partial charge in [0.25, 0.3) is 11.8 Å². The van der Waals surface area contributed by atoms with Gasteiger partial charge < -0.3 is 39.9 Å². The number of carbonyl (C=O) groups is 5. The topological polar surface area (TPSA) is 171 Å². The van der Waals surface area contributed by atoms with Gasteiger partial charge >= 0.3 is 12.1 Å². The number of para-hydroxylation sites is 1. The second kappa shape index (κ2) is 13.2. The van der Waals surface area contributed by atoms with Crippen molar-refractivity contribution in [2.24, 2.45) is 0 Å². The molecule has 2 unspecified atom stereocenters. The van der Waals surface area contributed by atoms with E-state index in [1.807, 2.05) is 4.90 Å². The molecule has 3 aliphatic rings. The number of fused-ring (bicyclic) bond motifs is 3. The molecule has 1 aromatic carbocycles. The number of nitrogens with one attached hydrogen (secondary N) is 2. The lowest BCUT2D eigenvalue weighted by Gasteiger charge is -2.35. The second-order valence-electron chi connectivity index (χ2n) is 10.8. The summed E-state index contributed by atoms with van der Waals surface area (Å²) in [5, 5.41) is 15.9. The molecule has 2 aromatic rings. The Bertz CT molecular complexity index is 1390. The molecule has 14 nitrogen and oxygen atoms in total. The van der Waals surface area contributed by atoms with Gasteiger partial charge in [0.2, 0.25) is 5.91 Å². The van der Waals surface area contributed by atoms with Crippen LogP contribution in [0.25, 0.3) is 10.9 Å². The van der Waals surface area contributed by atoms with Crippen molar-refractivity contribution in [3.05, 3.63) is 36.0 Å². The molecule has 43 heavy (non-hydrogen) atoms. The van der Waals surface area contributed by atoms with E-state index in [9.17, 15) is 29.1 Å². The van der Waals surface area contributed by atoms with Gasteiger partial charge in [-0.05, 0) is 31.9 Å². The third kappa shape index (κ3) is 6.96. The van der Waals surface area contributed by atoms with Gasteiger partial charge in [-0.15, -0.1) is 0 Å². The Morgan fingerprint density at radius 1 is 1.12 bits per heavy atom. The fourth-order valence-corrected chi connectivity index (χ4v) is 5.77. The molecule has 5 rings (SSSR count). The molecule has 0 spiro atoms. The molecule has 14 heteroatoms. The van der Waals surface area contributed by atoms with Crippen LogP contribution in [0.5, 0.6) is 5.75 Å². The van der Waals surface area contributed by atoms with E-state index >= 15 is 0 Å². The van der Waals surface area contributed by atoms with E-state index in [1.54, 1.807) is 31.2 Å². The number of ether oxygens (including phenoxy) is 2. The second-order valence-corrected chi connectivity index (χ2v) is 10.8. The van der Waals surface area contributed by atoms with Crippen LogP contribution in [0, 0.1) is 0 Å². The van der Waals surface area contributed by atoms with Crippen LogP contribution in [0.2, 0.25) is 0 Å². The summed E-state index contributed by atoms with van der Waals surface area (Å²) >= 11 is 0. The number of benzene rings is 1. The van der Waals surface area contributed by atoms with Crippen LogP contribution in [-0.2, 0) is 19.1 Å². The summed E-state index contributed by atoms with van der Waals surface area (Å²) in [6.07, 6.45) is -0.000349. The minimum atomic E-state index is -1.13. The van der Waals surface area contributed by atoms with E-state index < -0.39 is 29.9 Å². The van der Waals surface area contributed by atoms with Crippen molar-refractivity contribution in [1.29, 1.82) is 0 Å². The van der Waals surface area contributed by atoms with E-state index in [4.69, 9.17) is 9.47 Å². The van der Waals surface area contributed by atoms with Crippen LogP contribution in [0.15, 0.2) is 30.3 Å². The molecule has 3 saturated heterocycles. The number of carbonyl (C=O) groups excluding carboxylic acids is 4. The zero-order valence-corrected chi connectivity index (χ0v) is 24.0. The highest BCUT2D eigenvalue weighted by Crippen LogP contribution is 2.27. The van der Waals surface area contributed by atoms with Crippen molar-refractivity contribution in [1.82, 2.24) is 30.3 Å². The number of hydrogen-bond donors (Lipinski definition) is 3. The highest BCUT2D eigenvalue weighted by atomic mass is 16.6. The lowest BCUT2D eigenvalue weighted by atomic mass is 10.1. The fourth-order valence-electron chi connectivity index (χ4n) is 5.77. The zero-order chi connectivity index (χ0) is 30.5. The molecule has 4 amide bonds. The first-order chi connectivity index (χ1) is 20.7. The lowest BCUT2D eigenvalue weighted by molar-refractivity contribution is -0.138. The van der Waals surface area contributed by atoms with Crippen molar-refractivity contribution in [2.75, 3.05) is 52.5 Å². The van der Waals surface area contributed by atoms with Crippen LogP contribution in [-0.4, -0.2) is 125 Å². The molecule has 3 aliphatic heterocycles. The SMILES string of the molecule is CCOC(=O)N1CCN(C(=O)[C@H](CCC(=O)O)NC(=O)c2cc(OCC(=O)N3CC4CC3CN4)c3ccccc3n2)CC1. The van der Waals surface area contributed by atoms with Gasteiger partial charge in [-0.1, -0.05) is 12.1 Å². The van der Waals surface area contributed by atoms with Crippen molar-refractivity contribution in [2.45, 2.75) is 44.3 Å². The van der Waals surface area contributed by atoms with Gasteiger partial charge in [-0.2, -0.15) is 0 Å². The predicted octanol–water partition coefficient (Wildman–Crippen LogP) is 0.450. The summed E-state index contributed by atoms with van der Waals surface area (Å²) in [6.45, 7) is 4.10. The summed E-state index contributed by atoms with van der Waals surface area (Å²) < 4.78 is 11.0. The fraction of sp³-hybridized carbons (Fsp3) is 0.517. The van der Waals surface area contributed by atoms with E-state index in [-0.39, 0.29) is 69.9 Å². The Balaban J connectivity index is 1.28. The highest BCUT2D eigenvalue weighted by Gasteiger charge is 2.40. The summed E-state index contributed by atoms with van der Waals surface area (Å²) in [5.41, 5.74) is 0.427. The van der Waals surface area contributed by atoms with E-state index in [0.29, 0.717) is 29.2 Å². The Kier molecular flexibility index (Phi) is 9.24. The first-order valence-electron chi connectivity index (χ1n) is 14.5. The molecule has 3 fully saturated rings. The Labute approximate surface area is 248 Å². The smallest absolute Gasteiger partial charge is 0.409 e. The number of pyridine rings is 1. The van der Waals surface area contributed by atoms with Crippen LogP contribution in [0.3, 0.4) is 0 Å². The molecule has 0 aliphatic carbocycles. The molecule has 0 radical (unpaired) electrons. The summed E-state index contributed by atoms with van der Waals surface area (Å²) in [5.74, 6) is -2.07. The first kappa shape index (κ1) is 30.0. The first-order valence-corrected chi connectivity index (χ1v) is 14.5. The van der Waals surface area contributed by atoms with Gasteiger partial charge in [-0.25, -0.2) is 9.78 Å². The molecular weight excluding hydrogens is 560 g/mol. The van der Waals surface area contributed by atoms with E-state index in [0.717, 1.165) is 13.0 Å². The maximum atomic E-state index is 13.4. The molecule has 1 aromatic heterocycles. The van der Waals surface area contributed by atoms with E-state index in [2.05, 4.69) is 15.6 Å². The van der Waals surface area contributed by atoms with E-state index in [1.165, 1.54) is 15.9 Å². The molecule has 230 valence electrons. The van der Waals surface area contributed by atoms with Gasteiger partial charge in [0.05, 0.1) is 12.1 Å². The lowest BCUT2D eigenvalue weighted by Crippen LogP contribution is -2.56. The van der Waals surface area contributed by atoms with Crippen molar-refractivity contribution in [3.8, 4) is 5.75 Å². The van der Waals surface area contributed by atoms with Crippen LogP contribution in [0.1, 0.15) is 36.7 Å². The quantitative estimate of drug-likeness (QED) is 0.350. The number of rotatable bonds is 10. The molecule has 3 atom stereocenters. The standard InChI is InChI=1S/C29H36N6O8/c1-2-42-29(41)34-11-9-33(10-12-34)28(40)22(7-8-26(37)38)32-27(39)23-14-24(20-5-3-4-6-21(20)31-23)43-17-25(36)35-16-18-13-19(35)15-30-18/h3-6,14,18-19,22,30H,2,7-13,15-17H2,1H3,(H,32,39)(H,37,38)/t18?,19?,22-/m0/s1. The third-order valence-corrected chi connectivity index (χ3v) is 8.01. The molecule has 4 heterocycles. The average Bonchev–Trinajstić information content (AvgIpc) is 3.65. The normalized spacial score (nSPS) is 20.2. The maximum Gasteiger partial charge on any atom is 0.409 e. The molecule has 2 bridgehead atoms. The summed E-state index contributed by atoms with van der Waals surface area (Å²) in [4.78, 5) is 72.4. The summed E-state index contributed by atoms with van der Waals surface area (Å²) in [7, 11) is 0. The average molecular weight is 597 g/mol. The number of carboxylic acids is 1. The predicted molar refractivity (Wildman–Crippen MR) is 152 cm³/mol. The molecule has 3 N–H and O–H groups in total. The number of likely N-dealkylation sites (tertiary alicyclic amines) is 1. The highest BCUT2D eigenvalue weighted by molar-refractivity contribution is 5.99. The molecule has 0 saturated carbocycles. The number of nitrogens with zero attached hydrogens (tertiary/aromatic N) is 4. The van der Waals surface area contributed by atoms with Crippen LogP contribution >= 0.6 is 0 Å². The van der Waals surface area contributed by atoms with Gasteiger partial charge in [-0.3, -0.25) is 19.2 Å². The Hall–Kier alpha value is -4.46. The zero-order valence-electron chi connectivity index (χ0n) is 24.0. The Morgan fingerprint density at radius 2 is 1.86 bits per heavy atom. The maximum absolute atomic E-state index is 13.4.